The molecule has 0 saturated heterocycles. The molecule has 0 aliphatic heterocycles. The number of carbonyl (C=O) groups is 1. The quantitative estimate of drug-likeness (QED) is 0.627. The van der Waals surface area contributed by atoms with Crippen molar-refractivity contribution in [1.82, 2.24) is 14.9 Å². The number of aliphatic carboxylic acids is 1. The predicted octanol–water partition coefficient (Wildman–Crippen LogP) is 1.07. The first-order valence-corrected chi connectivity index (χ1v) is 6.64. The van der Waals surface area contributed by atoms with Gasteiger partial charge < -0.3 is 10.9 Å². The highest BCUT2D eigenvalue weighted by Gasteiger charge is 2.12. The normalized spacial score (nSPS) is 10.6. The first kappa shape index (κ1) is 13.4. The summed E-state index contributed by atoms with van der Waals surface area (Å²) in [6, 6.07) is 8.06. The van der Waals surface area contributed by atoms with Gasteiger partial charge in [0, 0.05) is 6.42 Å². The molecular weight excluding hydrogens is 264 g/mol. The van der Waals surface area contributed by atoms with Crippen LogP contribution in [-0.2, 0) is 11.2 Å². The summed E-state index contributed by atoms with van der Waals surface area (Å²) in [6.07, 6.45) is 0.567. The molecule has 0 radical (unpaired) electrons. The van der Waals surface area contributed by atoms with Gasteiger partial charge in [0.2, 0.25) is 5.16 Å². The van der Waals surface area contributed by atoms with Gasteiger partial charge >= 0.3 is 5.97 Å². The number of nitrogens with zero attached hydrogens (tertiary/aromatic N) is 3. The standard InChI is InChI=1S/C12H14N4O2S/c1-8-2-4-9(5-3-8)6-10-14-15-12(16(10)13)19-7-11(17)18/h2-5H,6-7,13H2,1H3,(H,17,18). The Kier molecular flexibility index (Phi) is 4.06. The Morgan fingerprint density at radius 3 is 2.68 bits per heavy atom. The van der Waals surface area contributed by atoms with E-state index in [1.54, 1.807) is 0 Å². The van der Waals surface area contributed by atoms with E-state index >= 15 is 0 Å². The van der Waals surface area contributed by atoms with E-state index in [1.165, 1.54) is 10.2 Å². The van der Waals surface area contributed by atoms with Crippen LogP contribution < -0.4 is 5.84 Å². The Labute approximate surface area is 114 Å². The highest BCUT2D eigenvalue weighted by molar-refractivity contribution is 7.99. The molecule has 0 amide bonds. The van der Waals surface area contributed by atoms with Gasteiger partial charge in [-0.25, -0.2) is 4.68 Å². The van der Waals surface area contributed by atoms with Gasteiger partial charge in [-0.1, -0.05) is 41.6 Å². The van der Waals surface area contributed by atoms with Crippen LogP contribution in [0.1, 0.15) is 17.0 Å². The van der Waals surface area contributed by atoms with E-state index in [-0.39, 0.29) is 5.75 Å². The summed E-state index contributed by atoms with van der Waals surface area (Å²) in [7, 11) is 0. The van der Waals surface area contributed by atoms with Crippen LogP contribution in [0.2, 0.25) is 0 Å². The first-order chi connectivity index (χ1) is 9.06. The summed E-state index contributed by atoms with van der Waals surface area (Å²) in [5.74, 6) is 5.46. The Bertz CT molecular complexity index is 580. The zero-order chi connectivity index (χ0) is 13.8. The third-order valence-corrected chi connectivity index (χ3v) is 3.47. The molecule has 1 heterocycles. The van der Waals surface area contributed by atoms with Gasteiger partial charge in [-0.3, -0.25) is 4.79 Å². The number of nitrogens with two attached hydrogens (primary N) is 1. The lowest BCUT2D eigenvalue weighted by atomic mass is 10.1. The van der Waals surface area contributed by atoms with Gasteiger partial charge in [0.1, 0.15) is 0 Å². The number of hydrogen-bond acceptors (Lipinski definition) is 5. The molecule has 0 aliphatic rings. The van der Waals surface area contributed by atoms with Gasteiger partial charge in [0.05, 0.1) is 5.75 Å². The number of hydrogen-bond donors (Lipinski definition) is 2. The number of nitrogen functional groups attached to an aromatic ring is 1. The van der Waals surface area contributed by atoms with E-state index in [4.69, 9.17) is 10.9 Å². The zero-order valence-corrected chi connectivity index (χ0v) is 11.2. The van der Waals surface area contributed by atoms with E-state index in [9.17, 15) is 4.79 Å². The Morgan fingerprint density at radius 2 is 2.05 bits per heavy atom. The molecule has 100 valence electrons. The van der Waals surface area contributed by atoms with Gasteiger partial charge in [-0.2, -0.15) is 0 Å². The van der Waals surface area contributed by atoms with E-state index in [0.29, 0.717) is 17.4 Å². The molecule has 19 heavy (non-hydrogen) atoms. The number of carboxylic acid groups (broad SMARTS) is 1. The average Bonchev–Trinajstić information content (AvgIpc) is 2.71. The van der Waals surface area contributed by atoms with Crippen molar-refractivity contribution in [3.05, 3.63) is 41.2 Å². The molecule has 0 spiro atoms. The van der Waals surface area contributed by atoms with E-state index < -0.39 is 5.97 Å². The van der Waals surface area contributed by atoms with Crippen LogP contribution in [0.15, 0.2) is 29.4 Å². The number of benzene rings is 1. The third-order valence-electron chi connectivity index (χ3n) is 2.54. The van der Waals surface area contributed by atoms with Crippen molar-refractivity contribution in [3.8, 4) is 0 Å². The summed E-state index contributed by atoms with van der Waals surface area (Å²) >= 11 is 1.05. The van der Waals surface area contributed by atoms with Crippen molar-refractivity contribution in [2.75, 3.05) is 11.6 Å². The molecule has 0 atom stereocenters. The minimum absolute atomic E-state index is 0.0835. The van der Waals surface area contributed by atoms with Crippen molar-refractivity contribution >= 4 is 17.7 Å². The number of aromatic nitrogens is 3. The fraction of sp³-hybridized carbons (Fsp3) is 0.250. The van der Waals surface area contributed by atoms with Crippen molar-refractivity contribution in [3.63, 3.8) is 0 Å². The molecular formula is C12H14N4O2S. The van der Waals surface area contributed by atoms with Gasteiger partial charge in [-0.15, -0.1) is 10.2 Å². The maximum absolute atomic E-state index is 10.5. The van der Waals surface area contributed by atoms with Gasteiger partial charge in [0.25, 0.3) is 0 Å². The molecule has 0 aliphatic carbocycles. The van der Waals surface area contributed by atoms with Gasteiger partial charge in [0.15, 0.2) is 5.82 Å². The lowest BCUT2D eigenvalue weighted by Gasteiger charge is -2.03. The summed E-state index contributed by atoms with van der Waals surface area (Å²) in [5, 5.41) is 16.9. The van der Waals surface area contributed by atoms with Crippen LogP contribution in [0.3, 0.4) is 0 Å². The summed E-state index contributed by atoms with van der Waals surface area (Å²) in [4.78, 5) is 10.5. The van der Waals surface area contributed by atoms with E-state index in [2.05, 4.69) is 10.2 Å². The molecule has 2 aromatic rings. The minimum atomic E-state index is -0.909. The molecule has 1 aromatic heterocycles. The second-order valence-electron chi connectivity index (χ2n) is 4.11. The second-order valence-corrected chi connectivity index (χ2v) is 5.06. The molecule has 7 heteroatoms. The van der Waals surface area contributed by atoms with Crippen molar-refractivity contribution in [2.45, 2.75) is 18.5 Å². The topological polar surface area (TPSA) is 94.0 Å². The van der Waals surface area contributed by atoms with Crippen molar-refractivity contribution < 1.29 is 9.90 Å². The summed E-state index contributed by atoms with van der Waals surface area (Å²) < 4.78 is 1.34. The summed E-state index contributed by atoms with van der Waals surface area (Å²) in [6.45, 7) is 2.02. The number of rotatable bonds is 5. The number of aryl methyl sites for hydroxylation is 1. The lowest BCUT2D eigenvalue weighted by Crippen LogP contribution is -2.15. The molecule has 6 nitrogen and oxygen atoms in total. The fourth-order valence-corrected chi connectivity index (χ4v) is 2.14. The SMILES string of the molecule is Cc1ccc(Cc2nnc(SCC(=O)O)n2N)cc1. The van der Waals surface area contributed by atoms with Crippen LogP contribution in [0.25, 0.3) is 0 Å². The molecule has 0 unspecified atom stereocenters. The molecule has 0 bridgehead atoms. The number of thioether (sulfide) groups is 1. The summed E-state index contributed by atoms with van der Waals surface area (Å²) in [5.41, 5.74) is 2.27. The Hall–Kier alpha value is -2.02. The largest absolute Gasteiger partial charge is 0.481 e. The van der Waals surface area contributed by atoms with Crippen LogP contribution in [0.4, 0.5) is 0 Å². The van der Waals surface area contributed by atoms with Gasteiger partial charge in [-0.05, 0) is 12.5 Å². The van der Waals surface area contributed by atoms with Crippen LogP contribution in [-0.4, -0.2) is 31.7 Å². The van der Waals surface area contributed by atoms with Crippen molar-refractivity contribution in [2.24, 2.45) is 0 Å². The maximum Gasteiger partial charge on any atom is 0.313 e. The highest BCUT2D eigenvalue weighted by atomic mass is 32.2. The molecule has 1 aromatic carbocycles. The smallest absolute Gasteiger partial charge is 0.313 e. The second kappa shape index (κ2) is 5.75. The zero-order valence-electron chi connectivity index (χ0n) is 10.4. The van der Waals surface area contributed by atoms with Crippen LogP contribution in [0.5, 0.6) is 0 Å². The highest BCUT2D eigenvalue weighted by Crippen LogP contribution is 2.16. The Balaban J connectivity index is 2.09. The maximum atomic E-state index is 10.5. The van der Waals surface area contributed by atoms with E-state index in [1.807, 2.05) is 31.2 Å². The Morgan fingerprint density at radius 1 is 1.37 bits per heavy atom. The average molecular weight is 278 g/mol. The molecule has 0 fully saturated rings. The molecule has 3 N–H and O–H groups in total. The minimum Gasteiger partial charge on any atom is -0.481 e. The molecule has 0 saturated carbocycles. The first-order valence-electron chi connectivity index (χ1n) is 5.66. The van der Waals surface area contributed by atoms with Crippen LogP contribution in [0, 0.1) is 6.92 Å². The molecule has 2 rings (SSSR count). The fourth-order valence-electron chi connectivity index (χ4n) is 1.54. The number of carboxylic acids is 1. The third kappa shape index (κ3) is 3.47. The lowest BCUT2D eigenvalue weighted by molar-refractivity contribution is -0.133. The van der Waals surface area contributed by atoms with E-state index in [0.717, 1.165) is 17.3 Å². The predicted molar refractivity (Wildman–Crippen MR) is 72.5 cm³/mol. The monoisotopic (exact) mass is 278 g/mol. The van der Waals surface area contributed by atoms with Crippen LogP contribution >= 0.6 is 11.8 Å². The van der Waals surface area contributed by atoms with Crippen molar-refractivity contribution in [1.29, 1.82) is 0 Å².